The fourth-order valence-electron chi connectivity index (χ4n) is 3.89. The molecule has 3 nitrogen and oxygen atoms in total. The first kappa shape index (κ1) is 19.0. The van der Waals surface area contributed by atoms with Crippen LogP contribution in [0.25, 0.3) is 11.1 Å². The van der Waals surface area contributed by atoms with Gasteiger partial charge in [-0.3, -0.25) is 0 Å². The van der Waals surface area contributed by atoms with E-state index < -0.39 is 5.97 Å². The molecule has 0 aliphatic heterocycles. The maximum Gasteiger partial charge on any atom is 0.343 e. The van der Waals surface area contributed by atoms with E-state index in [-0.39, 0.29) is 0 Å². The van der Waals surface area contributed by atoms with Gasteiger partial charge in [-0.15, -0.1) is 0 Å². The van der Waals surface area contributed by atoms with Crippen molar-refractivity contribution in [3.63, 3.8) is 0 Å². The van der Waals surface area contributed by atoms with Crippen molar-refractivity contribution < 1.29 is 9.53 Å². The molecule has 0 saturated carbocycles. The summed E-state index contributed by atoms with van der Waals surface area (Å²) < 4.78 is 5.57. The summed E-state index contributed by atoms with van der Waals surface area (Å²) >= 11 is 0. The topological polar surface area (TPSA) is 50.1 Å². The van der Waals surface area contributed by atoms with Crippen LogP contribution < -0.4 is 4.74 Å². The zero-order valence-corrected chi connectivity index (χ0v) is 16.6. The number of nitrogens with zero attached hydrogens (tertiary/aromatic N) is 1. The highest BCUT2D eigenvalue weighted by atomic mass is 16.5. The number of carbonyl (C=O) groups is 1. The summed E-state index contributed by atoms with van der Waals surface area (Å²) in [5.41, 5.74) is 7.40. The van der Waals surface area contributed by atoms with Crippen LogP contribution in [0.5, 0.6) is 5.75 Å². The van der Waals surface area contributed by atoms with Gasteiger partial charge in [-0.25, -0.2) is 4.79 Å². The molecule has 0 bridgehead atoms. The van der Waals surface area contributed by atoms with Crippen molar-refractivity contribution in [3.8, 4) is 22.9 Å². The highest BCUT2D eigenvalue weighted by Gasteiger charge is 2.20. The van der Waals surface area contributed by atoms with Crippen LogP contribution in [0, 0.1) is 11.3 Å². The lowest BCUT2D eigenvalue weighted by atomic mass is 10.0. The lowest BCUT2D eigenvalue weighted by molar-refractivity contribution is 0.0734. The normalized spacial score (nSPS) is 11.4. The SMILES string of the molecule is CCCCCc1ccc2c(c1)Cc1cc(OC(=O)c3ccc(C#N)cc3)ccc1-2. The number of benzene rings is 3. The summed E-state index contributed by atoms with van der Waals surface area (Å²) in [6.07, 6.45) is 5.74. The number of unbranched alkanes of at least 4 members (excludes halogenated alkanes) is 2. The van der Waals surface area contributed by atoms with Crippen molar-refractivity contribution in [1.82, 2.24) is 0 Å². The average Bonchev–Trinajstić information content (AvgIpc) is 3.11. The molecule has 3 aromatic carbocycles. The van der Waals surface area contributed by atoms with Crippen molar-refractivity contribution in [3.05, 3.63) is 88.5 Å². The minimum absolute atomic E-state index is 0.414. The first-order chi connectivity index (χ1) is 14.2. The largest absolute Gasteiger partial charge is 0.423 e. The summed E-state index contributed by atoms with van der Waals surface area (Å²) in [5.74, 6) is 0.136. The van der Waals surface area contributed by atoms with E-state index in [1.54, 1.807) is 24.3 Å². The Kier molecular flexibility index (Phi) is 5.44. The third kappa shape index (κ3) is 4.07. The van der Waals surface area contributed by atoms with E-state index >= 15 is 0 Å². The molecule has 0 radical (unpaired) electrons. The Bertz CT molecular complexity index is 1090. The number of fused-ring (bicyclic) bond motifs is 3. The minimum Gasteiger partial charge on any atom is -0.423 e. The van der Waals surface area contributed by atoms with Gasteiger partial charge in [-0.2, -0.15) is 5.26 Å². The first-order valence-corrected chi connectivity index (χ1v) is 10.2. The van der Waals surface area contributed by atoms with Gasteiger partial charge in [0.1, 0.15) is 5.75 Å². The number of hydrogen-bond donors (Lipinski definition) is 0. The molecule has 0 amide bonds. The molecule has 0 fully saturated rings. The van der Waals surface area contributed by atoms with Crippen molar-refractivity contribution in [1.29, 1.82) is 5.26 Å². The number of aryl methyl sites for hydroxylation is 1. The molecule has 3 aromatic rings. The second-order valence-electron chi connectivity index (χ2n) is 7.52. The van der Waals surface area contributed by atoms with Gasteiger partial charge in [0, 0.05) is 0 Å². The molecule has 144 valence electrons. The summed E-state index contributed by atoms with van der Waals surface area (Å²) in [7, 11) is 0. The standard InChI is InChI=1S/C26H23NO2/c1-2-3-4-5-18-8-12-24-21(14-18)15-22-16-23(11-13-25(22)24)29-26(28)20-9-6-19(17-27)7-10-20/h6-14,16H,2-5,15H2,1H3. The fourth-order valence-corrected chi connectivity index (χ4v) is 3.89. The van der Waals surface area contributed by atoms with Crippen molar-refractivity contribution in [2.75, 3.05) is 0 Å². The van der Waals surface area contributed by atoms with Gasteiger partial charge in [0.25, 0.3) is 0 Å². The van der Waals surface area contributed by atoms with E-state index in [1.165, 1.54) is 47.1 Å². The number of ether oxygens (including phenoxy) is 1. The zero-order valence-electron chi connectivity index (χ0n) is 16.6. The van der Waals surface area contributed by atoms with Crippen LogP contribution in [0.1, 0.15) is 58.8 Å². The molecule has 1 aliphatic carbocycles. The maximum absolute atomic E-state index is 12.4. The van der Waals surface area contributed by atoms with Crippen LogP contribution in [0.2, 0.25) is 0 Å². The summed E-state index contributed by atoms with van der Waals surface area (Å²) in [4.78, 5) is 12.4. The molecule has 4 rings (SSSR count). The summed E-state index contributed by atoms with van der Waals surface area (Å²) in [5, 5.41) is 8.87. The monoisotopic (exact) mass is 381 g/mol. The lowest BCUT2D eigenvalue weighted by Crippen LogP contribution is -2.08. The van der Waals surface area contributed by atoms with Crippen LogP contribution in [0.15, 0.2) is 60.7 Å². The van der Waals surface area contributed by atoms with Crippen molar-refractivity contribution in [2.45, 2.75) is 39.0 Å². The molecule has 29 heavy (non-hydrogen) atoms. The Morgan fingerprint density at radius 3 is 2.41 bits per heavy atom. The van der Waals surface area contributed by atoms with Gasteiger partial charge in [0.15, 0.2) is 0 Å². The van der Waals surface area contributed by atoms with Gasteiger partial charge >= 0.3 is 5.97 Å². The van der Waals surface area contributed by atoms with Crippen molar-refractivity contribution >= 4 is 5.97 Å². The Labute approximate surface area is 171 Å². The van der Waals surface area contributed by atoms with Crippen molar-refractivity contribution in [2.24, 2.45) is 0 Å². The highest BCUT2D eigenvalue weighted by molar-refractivity contribution is 5.91. The maximum atomic E-state index is 12.4. The van der Waals surface area contributed by atoms with E-state index in [0.717, 1.165) is 12.8 Å². The molecule has 1 aliphatic rings. The summed E-state index contributed by atoms with van der Waals surface area (Å²) in [6.45, 7) is 2.23. The first-order valence-electron chi connectivity index (χ1n) is 10.2. The van der Waals surface area contributed by atoms with E-state index in [4.69, 9.17) is 10.00 Å². The molecular formula is C26H23NO2. The minimum atomic E-state index is -0.414. The molecule has 0 heterocycles. The molecule has 0 unspecified atom stereocenters. The predicted molar refractivity (Wildman–Crippen MR) is 114 cm³/mol. The number of nitriles is 1. The van der Waals surface area contributed by atoms with Gasteiger partial charge in [-0.05, 0) is 83.5 Å². The zero-order chi connectivity index (χ0) is 20.2. The summed E-state index contributed by atoms with van der Waals surface area (Å²) in [6, 6.07) is 21.2. The average molecular weight is 381 g/mol. The highest BCUT2D eigenvalue weighted by Crippen LogP contribution is 2.39. The van der Waals surface area contributed by atoms with E-state index in [2.05, 4.69) is 25.1 Å². The van der Waals surface area contributed by atoms with Crippen LogP contribution in [-0.4, -0.2) is 5.97 Å². The Hall–Kier alpha value is -3.38. The van der Waals surface area contributed by atoms with E-state index in [1.807, 2.05) is 24.3 Å². The molecule has 0 saturated heterocycles. The number of rotatable bonds is 6. The molecule has 3 heteroatoms. The van der Waals surface area contributed by atoms with Crippen LogP contribution >= 0.6 is 0 Å². The third-order valence-corrected chi connectivity index (χ3v) is 5.45. The van der Waals surface area contributed by atoms with E-state index in [9.17, 15) is 4.79 Å². The third-order valence-electron chi connectivity index (χ3n) is 5.45. The Morgan fingerprint density at radius 1 is 0.966 bits per heavy atom. The lowest BCUT2D eigenvalue weighted by Gasteiger charge is -2.07. The van der Waals surface area contributed by atoms with Gasteiger partial charge in [0.05, 0.1) is 17.2 Å². The Morgan fingerprint density at radius 2 is 1.69 bits per heavy atom. The van der Waals surface area contributed by atoms with E-state index in [0.29, 0.717) is 16.9 Å². The van der Waals surface area contributed by atoms with Gasteiger partial charge in [-0.1, -0.05) is 44.0 Å². The molecule has 0 N–H and O–H groups in total. The second kappa shape index (κ2) is 8.32. The molecule has 0 aromatic heterocycles. The van der Waals surface area contributed by atoms with Crippen LogP contribution in [0.3, 0.4) is 0 Å². The Balaban J connectivity index is 1.48. The second-order valence-corrected chi connectivity index (χ2v) is 7.52. The van der Waals surface area contributed by atoms with Crippen LogP contribution in [0.4, 0.5) is 0 Å². The van der Waals surface area contributed by atoms with Gasteiger partial charge in [0.2, 0.25) is 0 Å². The van der Waals surface area contributed by atoms with Gasteiger partial charge < -0.3 is 4.74 Å². The number of carbonyl (C=O) groups excluding carboxylic acids is 1. The number of hydrogen-bond acceptors (Lipinski definition) is 3. The molecular weight excluding hydrogens is 358 g/mol. The predicted octanol–water partition coefficient (Wildman–Crippen LogP) is 6.08. The quantitative estimate of drug-likeness (QED) is 0.231. The molecule has 0 spiro atoms. The molecule has 0 atom stereocenters. The fraction of sp³-hybridized carbons (Fsp3) is 0.231. The smallest absolute Gasteiger partial charge is 0.343 e. The van der Waals surface area contributed by atoms with Crippen LogP contribution in [-0.2, 0) is 12.8 Å². The number of esters is 1.